The summed E-state index contributed by atoms with van der Waals surface area (Å²) in [7, 11) is 1.70. The van der Waals surface area contributed by atoms with Crippen LogP contribution in [-0.2, 0) is 6.54 Å². The molecule has 2 N–H and O–H groups in total. The number of ether oxygens (including phenoxy) is 1. The van der Waals surface area contributed by atoms with Gasteiger partial charge in [-0.25, -0.2) is 0 Å². The van der Waals surface area contributed by atoms with E-state index in [9.17, 15) is 0 Å². The van der Waals surface area contributed by atoms with E-state index in [1.165, 1.54) is 24.0 Å². The summed E-state index contributed by atoms with van der Waals surface area (Å²) in [5.74, 6) is 1.52. The maximum atomic E-state index is 9.03. The van der Waals surface area contributed by atoms with Gasteiger partial charge in [0, 0.05) is 13.2 Å². The van der Waals surface area contributed by atoms with E-state index >= 15 is 0 Å². The highest BCUT2D eigenvalue weighted by Gasteiger charge is 2.07. The highest BCUT2D eigenvalue weighted by atomic mass is 16.5. The quantitative estimate of drug-likeness (QED) is 0.721. The van der Waals surface area contributed by atoms with Crippen LogP contribution in [0.15, 0.2) is 18.2 Å². The Bertz CT molecular complexity index is 360. The number of methoxy groups -OCH3 is 1. The van der Waals surface area contributed by atoms with Crippen LogP contribution >= 0.6 is 0 Å². The molecule has 1 atom stereocenters. The zero-order valence-corrected chi connectivity index (χ0v) is 12.4. The first-order valence-electron chi connectivity index (χ1n) is 7.16. The van der Waals surface area contributed by atoms with E-state index in [1.54, 1.807) is 7.11 Å². The molecule has 0 fully saturated rings. The number of nitrogens with one attached hydrogen (secondary N) is 1. The summed E-state index contributed by atoms with van der Waals surface area (Å²) < 4.78 is 5.26. The minimum Gasteiger partial charge on any atom is -0.496 e. The van der Waals surface area contributed by atoms with Crippen molar-refractivity contribution in [2.24, 2.45) is 5.92 Å². The van der Waals surface area contributed by atoms with Gasteiger partial charge < -0.3 is 15.2 Å². The lowest BCUT2D eigenvalue weighted by Crippen LogP contribution is -2.23. The van der Waals surface area contributed by atoms with Crippen molar-refractivity contribution < 1.29 is 9.84 Å². The minimum absolute atomic E-state index is 0.286. The Kier molecular flexibility index (Phi) is 7.53. The van der Waals surface area contributed by atoms with E-state index in [1.807, 2.05) is 6.07 Å². The molecule has 3 heteroatoms. The van der Waals surface area contributed by atoms with Gasteiger partial charge in [0.25, 0.3) is 0 Å². The molecule has 0 amide bonds. The summed E-state index contributed by atoms with van der Waals surface area (Å²) in [5.41, 5.74) is 2.44. The maximum Gasteiger partial charge on any atom is 0.121 e. The Labute approximate surface area is 117 Å². The molecule has 1 unspecified atom stereocenters. The smallest absolute Gasteiger partial charge is 0.121 e. The van der Waals surface area contributed by atoms with Crippen LogP contribution in [0.2, 0.25) is 0 Å². The predicted molar refractivity (Wildman–Crippen MR) is 79.5 cm³/mol. The van der Waals surface area contributed by atoms with Crippen LogP contribution in [0, 0.1) is 12.8 Å². The third-order valence-corrected chi connectivity index (χ3v) is 3.46. The lowest BCUT2D eigenvalue weighted by atomic mass is 10.00. The molecule has 1 aromatic carbocycles. The fraction of sp³-hybridized carbons (Fsp3) is 0.625. The highest BCUT2D eigenvalue weighted by Crippen LogP contribution is 2.18. The molecular formula is C16H27NO2. The lowest BCUT2D eigenvalue weighted by Gasteiger charge is -2.16. The first-order valence-corrected chi connectivity index (χ1v) is 7.16. The van der Waals surface area contributed by atoms with Gasteiger partial charge in [-0.1, -0.05) is 25.5 Å². The molecule has 0 aliphatic carbocycles. The molecule has 19 heavy (non-hydrogen) atoms. The number of benzene rings is 1. The van der Waals surface area contributed by atoms with Crippen molar-refractivity contribution in [3.63, 3.8) is 0 Å². The predicted octanol–water partition coefficient (Wildman–Crippen LogP) is 2.89. The van der Waals surface area contributed by atoms with Crippen molar-refractivity contribution in [2.75, 3.05) is 20.3 Å². The topological polar surface area (TPSA) is 41.5 Å². The summed E-state index contributed by atoms with van der Waals surface area (Å²) in [6.07, 6.45) is 3.24. The summed E-state index contributed by atoms with van der Waals surface area (Å²) in [6, 6.07) is 6.27. The van der Waals surface area contributed by atoms with Crippen LogP contribution in [0.25, 0.3) is 0 Å². The summed E-state index contributed by atoms with van der Waals surface area (Å²) in [4.78, 5) is 0. The van der Waals surface area contributed by atoms with E-state index in [0.717, 1.165) is 25.3 Å². The zero-order valence-electron chi connectivity index (χ0n) is 12.4. The summed E-state index contributed by atoms with van der Waals surface area (Å²) in [6.45, 7) is 6.38. The van der Waals surface area contributed by atoms with Gasteiger partial charge in [0.1, 0.15) is 5.75 Å². The van der Waals surface area contributed by atoms with Gasteiger partial charge in [0.05, 0.1) is 7.11 Å². The van der Waals surface area contributed by atoms with E-state index in [0.29, 0.717) is 5.92 Å². The minimum atomic E-state index is 0.286. The molecule has 0 aliphatic heterocycles. The molecule has 108 valence electrons. The molecule has 0 radical (unpaired) electrons. The van der Waals surface area contributed by atoms with E-state index in [2.05, 4.69) is 31.3 Å². The van der Waals surface area contributed by atoms with E-state index < -0.39 is 0 Å². The highest BCUT2D eigenvalue weighted by molar-refractivity contribution is 5.36. The van der Waals surface area contributed by atoms with Crippen molar-refractivity contribution in [1.29, 1.82) is 0 Å². The molecular weight excluding hydrogens is 238 g/mol. The first-order chi connectivity index (χ1) is 9.21. The Balaban J connectivity index is 2.41. The van der Waals surface area contributed by atoms with E-state index in [-0.39, 0.29) is 6.61 Å². The monoisotopic (exact) mass is 265 g/mol. The molecule has 0 heterocycles. The van der Waals surface area contributed by atoms with Crippen molar-refractivity contribution in [3.05, 3.63) is 29.3 Å². The number of aliphatic hydroxyl groups is 1. The van der Waals surface area contributed by atoms with Gasteiger partial charge in [-0.2, -0.15) is 0 Å². The van der Waals surface area contributed by atoms with Gasteiger partial charge in [-0.3, -0.25) is 0 Å². The number of hydrogen-bond donors (Lipinski definition) is 2. The average Bonchev–Trinajstić information content (AvgIpc) is 2.39. The zero-order chi connectivity index (χ0) is 14.1. The van der Waals surface area contributed by atoms with Gasteiger partial charge in [0.2, 0.25) is 0 Å². The van der Waals surface area contributed by atoms with Crippen LogP contribution in [0.3, 0.4) is 0 Å². The number of aryl methyl sites for hydroxylation is 1. The average molecular weight is 265 g/mol. The summed E-state index contributed by atoms with van der Waals surface area (Å²) >= 11 is 0. The van der Waals surface area contributed by atoms with Gasteiger partial charge >= 0.3 is 0 Å². The largest absolute Gasteiger partial charge is 0.496 e. The van der Waals surface area contributed by atoms with Crippen LogP contribution in [0.1, 0.15) is 37.3 Å². The second-order valence-corrected chi connectivity index (χ2v) is 5.10. The van der Waals surface area contributed by atoms with Gasteiger partial charge in [0.15, 0.2) is 0 Å². The standard InChI is InChI=1S/C16H27NO2/c1-4-5-14(8-9-18)11-17-12-15-6-7-16(19-3)13(2)10-15/h6-7,10,14,17-18H,4-5,8-9,11-12H2,1-3H3. The first kappa shape index (κ1) is 16.0. The Morgan fingerprint density at radius 3 is 2.68 bits per heavy atom. The van der Waals surface area contributed by atoms with Crippen LogP contribution in [0.5, 0.6) is 5.75 Å². The summed E-state index contributed by atoms with van der Waals surface area (Å²) in [5, 5.41) is 12.5. The van der Waals surface area contributed by atoms with Crippen LogP contribution < -0.4 is 10.1 Å². The van der Waals surface area contributed by atoms with Crippen LogP contribution in [0.4, 0.5) is 0 Å². The van der Waals surface area contributed by atoms with Crippen molar-refractivity contribution in [2.45, 2.75) is 39.7 Å². The van der Waals surface area contributed by atoms with Crippen molar-refractivity contribution in [1.82, 2.24) is 5.32 Å². The van der Waals surface area contributed by atoms with Crippen molar-refractivity contribution >= 4 is 0 Å². The fourth-order valence-electron chi connectivity index (χ4n) is 2.41. The third-order valence-electron chi connectivity index (χ3n) is 3.46. The number of rotatable bonds is 9. The molecule has 0 saturated carbocycles. The normalized spacial score (nSPS) is 12.4. The second-order valence-electron chi connectivity index (χ2n) is 5.10. The molecule has 1 rings (SSSR count). The lowest BCUT2D eigenvalue weighted by molar-refractivity contribution is 0.248. The Hall–Kier alpha value is -1.06. The molecule has 1 aromatic rings. The fourth-order valence-corrected chi connectivity index (χ4v) is 2.41. The molecule has 0 saturated heterocycles. The van der Waals surface area contributed by atoms with Gasteiger partial charge in [-0.15, -0.1) is 0 Å². The molecule has 0 aromatic heterocycles. The second kappa shape index (κ2) is 8.94. The molecule has 0 spiro atoms. The third kappa shape index (κ3) is 5.62. The van der Waals surface area contributed by atoms with Crippen molar-refractivity contribution in [3.8, 4) is 5.75 Å². The maximum absolute atomic E-state index is 9.03. The molecule has 0 bridgehead atoms. The Morgan fingerprint density at radius 2 is 2.11 bits per heavy atom. The van der Waals surface area contributed by atoms with Gasteiger partial charge in [-0.05, 0) is 49.4 Å². The Morgan fingerprint density at radius 1 is 1.32 bits per heavy atom. The number of aliphatic hydroxyl groups excluding tert-OH is 1. The molecule has 3 nitrogen and oxygen atoms in total. The number of hydrogen-bond acceptors (Lipinski definition) is 3. The molecule has 0 aliphatic rings. The van der Waals surface area contributed by atoms with E-state index in [4.69, 9.17) is 9.84 Å². The van der Waals surface area contributed by atoms with Crippen LogP contribution in [-0.4, -0.2) is 25.4 Å². The SMILES string of the molecule is CCCC(CCO)CNCc1ccc(OC)c(C)c1.